The Morgan fingerprint density at radius 1 is 1.17 bits per heavy atom. The maximum atomic E-state index is 12.7. The summed E-state index contributed by atoms with van der Waals surface area (Å²) in [5.41, 5.74) is 1.44. The molecule has 1 saturated heterocycles. The van der Waals surface area contributed by atoms with E-state index in [1.807, 2.05) is 30.3 Å². The predicted octanol–water partition coefficient (Wildman–Crippen LogP) is 2.15. The third-order valence-electron chi connectivity index (χ3n) is 4.13. The van der Waals surface area contributed by atoms with Gasteiger partial charge in [0.1, 0.15) is 5.82 Å². The SMILES string of the molecule is O=C(N[C@H](CO)c1ccccc1)c1cccnc1N1CCCC1. The molecule has 0 unspecified atom stereocenters. The monoisotopic (exact) mass is 311 g/mol. The summed E-state index contributed by atoms with van der Waals surface area (Å²) in [6, 6.07) is 12.6. The number of aliphatic hydroxyl groups excluding tert-OH is 1. The van der Waals surface area contributed by atoms with Gasteiger partial charge in [0, 0.05) is 19.3 Å². The Morgan fingerprint density at radius 2 is 1.91 bits per heavy atom. The summed E-state index contributed by atoms with van der Waals surface area (Å²) in [6.45, 7) is 1.72. The quantitative estimate of drug-likeness (QED) is 0.888. The first-order valence-corrected chi connectivity index (χ1v) is 7.96. The Balaban J connectivity index is 1.80. The Morgan fingerprint density at radius 3 is 2.61 bits per heavy atom. The number of hydrogen-bond donors (Lipinski definition) is 2. The van der Waals surface area contributed by atoms with Gasteiger partial charge in [-0.3, -0.25) is 4.79 Å². The van der Waals surface area contributed by atoms with Gasteiger partial charge in [-0.15, -0.1) is 0 Å². The Kier molecular flexibility index (Phi) is 4.88. The molecule has 5 heteroatoms. The largest absolute Gasteiger partial charge is 0.394 e. The maximum absolute atomic E-state index is 12.7. The third-order valence-corrected chi connectivity index (χ3v) is 4.13. The van der Waals surface area contributed by atoms with Crippen molar-refractivity contribution < 1.29 is 9.90 Å². The smallest absolute Gasteiger partial charge is 0.255 e. The van der Waals surface area contributed by atoms with Gasteiger partial charge in [0.2, 0.25) is 0 Å². The number of aromatic nitrogens is 1. The van der Waals surface area contributed by atoms with Crippen molar-refractivity contribution >= 4 is 11.7 Å². The topological polar surface area (TPSA) is 65.5 Å². The van der Waals surface area contributed by atoms with Gasteiger partial charge in [-0.25, -0.2) is 4.98 Å². The number of nitrogens with one attached hydrogen (secondary N) is 1. The first-order valence-electron chi connectivity index (χ1n) is 7.96. The first kappa shape index (κ1) is 15.5. The summed E-state index contributed by atoms with van der Waals surface area (Å²) in [6.07, 6.45) is 3.97. The van der Waals surface area contributed by atoms with Gasteiger partial charge in [0.25, 0.3) is 5.91 Å². The molecule has 0 spiro atoms. The van der Waals surface area contributed by atoms with E-state index in [2.05, 4.69) is 15.2 Å². The number of carbonyl (C=O) groups is 1. The molecule has 0 aliphatic carbocycles. The van der Waals surface area contributed by atoms with Crippen LogP contribution < -0.4 is 10.2 Å². The third kappa shape index (κ3) is 3.51. The maximum Gasteiger partial charge on any atom is 0.255 e. The molecule has 5 nitrogen and oxygen atoms in total. The Labute approximate surface area is 136 Å². The number of rotatable bonds is 5. The molecule has 0 saturated carbocycles. The van der Waals surface area contributed by atoms with Crippen molar-refractivity contribution in [1.82, 2.24) is 10.3 Å². The molecular weight excluding hydrogens is 290 g/mol. The fourth-order valence-corrected chi connectivity index (χ4v) is 2.91. The fraction of sp³-hybridized carbons (Fsp3) is 0.333. The van der Waals surface area contributed by atoms with Crippen LogP contribution in [0.2, 0.25) is 0 Å². The lowest BCUT2D eigenvalue weighted by Gasteiger charge is -2.21. The zero-order valence-electron chi connectivity index (χ0n) is 13.0. The highest BCUT2D eigenvalue weighted by atomic mass is 16.3. The molecule has 23 heavy (non-hydrogen) atoms. The number of hydrogen-bond acceptors (Lipinski definition) is 4. The molecule has 1 aliphatic heterocycles. The summed E-state index contributed by atoms with van der Waals surface area (Å²) in [4.78, 5) is 19.2. The van der Waals surface area contributed by atoms with Crippen LogP contribution >= 0.6 is 0 Å². The molecule has 2 aromatic rings. The summed E-state index contributed by atoms with van der Waals surface area (Å²) in [7, 11) is 0. The van der Waals surface area contributed by atoms with Crippen LogP contribution in [0.4, 0.5) is 5.82 Å². The second kappa shape index (κ2) is 7.24. The summed E-state index contributed by atoms with van der Waals surface area (Å²) < 4.78 is 0. The van der Waals surface area contributed by atoms with Crippen molar-refractivity contribution in [3.05, 3.63) is 59.8 Å². The van der Waals surface area contributed by atoms with Crippen molar-refractivity contribution in [1.29, 1.82) is 0 Å². The minimum absolute atomic E-state index is 0.144. The average molecular weight is 311 g/mol. The van der Waals surface area contributed by atoms with E-state index in [1.165, 1.54) is 0 Å². The molecule has 2 heterocycles. The van der Waals surface area contributed by atoms with E-state index < -0.39 is 6.04 Å². The Hall–Kier alpha value is -2.40. The van der Waals surface area contributed by atoms with Gasteiger partial charge in [-0.1, -0.05) is 30.3 Å². The first-order chi connectivity index (χ1) is 11.3. The molecular formula is C18H21N3O2. The molecule has 1 aliphatic rings. The van der Waals surface area contributed by atoms with E-state index in [0.717, 1.165) is 37.3 Å². The number of nitrogens with zero attached hydrogens (tertiary/aromatic N) is 2. The fourth-order valence-electron chi connectivity index (χ4n) is 2.91. The second-order valence-corrected chi connectivity index (χ2v) is 5.69. The van der Waals surface area contributed by atoms with E-state index in [9.17, 15) is 9.90 Å². The van der Waals surface area contributed by atoms with Gasteiger partial charge in [-0.2, -0.15) is 0 Å². The summed E-state index contributed by atoms with van der Waals surface area (Å²) in [5, 5.41) is 12.5. The average Bonchev–Trinajstić information content (AvgIpc) is 3.14. The van der Waals surface area contributed by atoms with Crippen LogP contribution in [-0.2, 0) is 0 Å². The van der Waals surface area contributed by atoms with E-state index in [-0.39, 0.29) is 12.5 Å². The van der Waals surface area contributed by atoms with E-state index in [4.69, 9.17) is 0 Å². The molecule has 1 atom stereocenters. The van der Waals surface area contributed by atoms with Crippen LogP contribution in [0, 0.1) is 0 Å². The number of aliphatic hydroxyl groups is 1. The number of benzene rings is 1. The van der Waals surface area contributed by atoms with Crippen molar-refractivity contribution in [3.63, 3.8) is 0 Å². The standard InChI is InChI=1S/C18H21N3O2/c22-13-16(14-7-2-1-3-8-14)20-18(23)15-9-6-10-19-17(15)21-11-4-5-12-21/h1-3,6-10,16,22H,4-5,11-13H2,(H,20,23)/t16-/m1/s1. The van der Waals surface area contributed by atoms with Gasteiger partial charge >= 0.3 is 0 Å². The van der Waals surface area contributed by atoms with E-state index >= 15 is 0 Å². The van der Waals surface area contributed by atoms with Crippen LogP contribution in [0.5, 0.6) is 0 Å². The zero-order chi connectivity index (χ0) is 16.1. The van der Waals surface area contributed by atoms with Crippen LogP contribution in [0.1, 0.15) is 34.8 Å². The Bertz CT molecular complexity index is 654. The van der Waals surface area contributed by atoms with Crippen LogP contribution in [-0.4, -0.2) is 35.7 Å². The normalized spacial score (nSPS) is 15.4. The highest BCUT2D eigenvalue weighted by Gasteiger charge is 2.22. The van der Waals surface area contributed by atoms with E-state index in [0.29, 0.717) is 5.56 Å². The van der Waals surface area contributed by atoms with Crippen molar-refractivity contribution in [2.24, 2.45) is 0 Å². The molecule has 1 aromatic heterocycles. The number of anilines is 1. The predicted molar refractivity (Wildman–Crippen MR) is 89.4 cm³/mol. The second-order valence-electron chi connectivity index (χ2n) is 5.69. The molecule has 2 N–H and O–H groups in total. The van der Waals surface area contributed by atoms with Crippen molar-refractivity contribution in [2.45, 2.75) is 18.9 Å². The minimum Gasteiger partial charge on any atom is -0.394 e. The van der Waals surface area contributed by atoms with Gasteiger partial charge in [0.05, 0.1) is 18.2 Å². The zero-order valence-corrected chi connectivity index (χ0v) is 13.0. The summed E-state index contributed by atoms with van der Waals surface area (Å²) in [5.74, 6) is 0.523. The molecule has 0 radical (unpaired) electrons. The molecule has 0 bridgehead atoms. The molecule has 1 amide bonds. The van der Waals surface area contributed by atoms with Crippen LogP contribution in [0.3, 0.4) is 0 Å². The van der Waals surface area contributed by atoms with Gasteiger partial charge in [-0.05, 0) is 30.5 Å². The van der Waals surface area contributed by atoms with Crippen LogP contribution in [0.25, 0.3) is 0 Å². The van der Waals surface area contributed by atoms with Gasteiger partial charge in [0.15, 0.2) is 0 Å². The van der Waals surface area contributed by atoms with Gasteiger partial charge < -0.3 is 15.3 Å². The number of carbonyl (C=O) groups excluding carboxylic acids is 1. The molecule has 120 valence electrons. The lowest BCUT2D eigenvalue weighted by molar-refractivity contribution is 0.0916. The van der Waals surface area contributed by atoms with E-state index in [1.54, 1.807) is 18.3 Å². The molecule has 1 fully saturated rings. The highest BCUT2D eigenvalue weighted by Crippen LogP contribution is 2.22. The van der Waals surface area contributed by atoms with Crippen LogP contribution in [0.15, 0.2) is 48.7 Å². The molecule has 1 aromatic carbocycles. The highest BCUT2D eigenvalue weighted by molar-refractivity contribution is 5.99. The number of pyridine rings is 1. The molecule has 3 rings (SSSR count). The number of amides is 1. The lowest BCUT2D eigenvalue weighted by Crippen LogP contribution is -2.32. The van der Waals surface area contributed by atoms with Crippen molar-refractivity contribution in [2.75, 3.05) is 24.6 Å². The minimum atomic E-state index is -0.421. The summed E-state index contributed by atoms with van der Waals surface area (Å²) >= 11 is 0. The van der Waals surface area contributed by atoms with Crippen molar-refractivity contribution in [3.8, 4) is 0 Å². The lowest BCUT2D eigenvalue weighted by atomic mass is 10.1.